The summed E-state index contributed by atoms with van der Waals surface area (Å²) in [5.74, 6) is -0.278. The Morgan fingerprint density at radius 3 is 2.19 bits per heavy atom. The zero-order valence-corrected chi connectivity index (χ0v) is 20.7. The van der Waals surface area contributed by atoms with Crippen molar-refractivity contribution in [2.45, 2.75) is 89.9 Å². The van der Waals surface area contributed by atoms with E-state index in [2.05, 4.69) is 0 Å². The average Bonchev–Trinajstić information content (AvgIpc) is 2.59. The van der Waals surface area contributed by atoms with E-state index in [9.17, 15) is 13.2 Å². The molecule has 8 heteroatoms. The molecule has 0 radical (unpaired) electrons. The predicted molar refractivity (Wildman–Crippen MR) is 119 cm³/mol. The number of hydrogen-bond acceptors (Lipinski definition) is 7. The average molecular weight is 459 g/mol. The van der Waals surface area contributed by atoms with E-state index in [0.29, 0.717) is 32.7 Å². The van der Waals surface area contributed by atoms with Crippen LogP contribution in [0.2, 0.25) is 0 Å². The molecule has 0 amide bonds. The van der Waals surface area contributed by atoms with Crippen molar-refractivity contribution in [3.05, 3.63) is 29.8 Å². The number of aryl methyl sites for hydroxylation is 1. The van der Waals surface area contributed by atoms with E-state index in [4.69, 9.17) is 18.4 Å². The standard InChI is InChI=1S/C23H38O7S/c1-18-8-10-20(11-9-18)31(25,26)30-23(6,7)14-17-28-19(2)12-15-27-16-13-21(24)29-22(3,4)5/h8-11,19H,12-17H2,1-7H3. The quantitative estimate of drug-likeness (QED) is 0.246. The predicted octanol–water partition coefficient (Wildman–Crippen LogP) is 4.41. The Balaban J connectivity index is 2.27. The number of benzene rings is 1. The Morgan fingerprint density at radius 1 is 1.00 bits per heavy atom. The van der Waals surface area contributed by atoms with Gasteiger partial charge in [-0.15, -0.1) is 0 Å². The van der Waals surface area contributed by atoms with Crippen molar-refractivity contribution < 1.29 is 31.6 Å². The van der Waals surface area contributed by atoms with E-state index in [1.54, 1.807) is 38.1 Å². The van der Waals surface area contributed by atoms with Crippen LogP contribution in [0.25, 0.3) is 0 Å². The zero-order chi connectivity index (χ0) is 23.7. The molecule has 0 aromatic heterocycles. The molecule has 1 rings (SSSR count). The van der Waals surface area contributed by atoms with E-state index < -0.39 is 21.3 Å². The molecule has 0 aliphatic heterocycles. The second kappa shape index (κ2) is 11.9. The van der Waals surface area contributed by atoms with Gasteiger partial charge in [0.25, 0.3) is 10.1 Å². The fourth-order valence-electron chi connectivity index (χ4n) is 2.58. The lowest BCUT2D eigenvalue weighted by Gasteiger charge is -2.25. The minimum atomic E-state index is -3.84. The lowest BCUT2D eigenvalue weighted by molar-refractivity contribution is -0.156. The van der Waals surface area contributed by atoms with Crippen LogP contribution in [0.4, 0.5) is 0 Å². The molecule has 0 N–H and O–H groups in total. The van der Waals surface area contributed by atoms with Gasteiger partial charge < -0.3 is 14.2 Å². The maximum Gasteiger partial charge on any atom is 0.308 e. The van der Waals surface area contributed by atoms with Gasteiger partial charge in [-0.25, -0.2) is 0 Å². The van der Waals surface area contributed by atoms with Crippen molar-refractivity contribution in [2.75, 3.05) is 19.8 Å². The molecule has 0 saturated heterocycles. The lowest BCUT2D eigenvalue weighted by Crippen LogP contribution is -2.30. The smallest absolute Gasteiger partial charge is 0.308 e. The van der Waals surface area contributed by atoms with Gasteiger partial charge in [-0.1, -0.05) is 17.7 Å². The van der Waals surface area contributed by atoms with Crippen molar-refractivity contribution in [3.63, 3.8) is 0 Å². The molecule has 1 aromatic carbocycles. The molecule has 0 heterocycles. The van der Waals surface area contributed by atoms with Gasteiger partial charge in [-0.05, 0) is 67.0 Å². The molecule has 0 spiro atoms. The Kier molecular flexibility index (Phi) is 10.6. The Labute approximate surface area is 187 Å². The first kappa shape index (κ1) is 27.6. The van der Waals surface area contributed by atoms with Gasteiger partial charge in [0, 0.05) is 19.6 Å². The topological polar surface area (TPSA) is 88.1 Å². The molecular formula is C23H38O7S. The summed E-state index contributed by atoms with van der Waals surface area (Å²) >= 11 is 0. The minimum Gasteiger partial charge on any atom is -0.460 e. The first-order valence-corrected chi connectivity index (χ1v) is 12.0. The van der Waals surface area contributed by atoms with Crippen LogP contribution in [-0.2, 0) is 33.3 Å². The number of carbonyl (C=O) groups is 1. The van der Waals surface area contributed by atoms with Crippen LogP contribution in [0.1, 0.15) is 66.4 Å². The maximum absolute atomic E-state index is 12.5. The van der Waals surface area contributed by atoms with Crippen LogP contribution in [0.15, 0.2) is 29.2 Å². The van der Waals surface area contributed by atoms with Gasteiger partial charge in [-0.2, -0.15) is 8.42 Å². The molecule has 1 unspecified atom stereocenters. The summed E-state index contributed by atoms with van der Waals surface area (Å²) in [6.45, 7) is 13.9. The lowest BCUT2D eigenvalue weighted by atomic mass is 10.1. The maximum atomic E-state index is 12.5. The molecule has 31 heavy (non-hydrogen) atoms. The molecule has 7 nitrogen and oxygen atoms in total. The van der Waals surface area contributed by atoms with E-state index in [1.807, 2.05) is 34.6 Å². The molecule has 1 aromatic rings. The van der Waals surface area contributed by atoms with Gasteiger partial charge in [0.1, 0.15) is 5.60 Å². The fraction of sp³-hybridized carbons (Fsp3) is 0.696. The first-order valence-electron chi connectivity index (χ1n) is 10.6. The first-order chi connectivity index (χ1) is 14.2. The number of rotatable bonds is 13. The second-order valence-electron chi connectivity index (χ2n) is 9.28. The third-order valence-corrected chi connectivity index (χ3v) is 5.81. The summed E-state index contributed by atoms with van der Waals surface area (Å²) in [5.41, 5.74) is -0.404. The number of esters is 1. The SMILES string of the molecule is Cc1ccc(S(=O)(=O)OC(C)(C)CCOC(C)CCOCCC(=O)OC(C)(C)C)cc1. The van der Waals surface area contributed by atoms with E-state index in [1.165, 1.54) is 0 Å². The van der Waals surface area contributed by atoms with E-state index >= 15 is 0 Å². The summed E-state index contributed by atoms with van der Waals surface area (Å²) in [4.78, 5) is 11.8. The molecule has 0 aliphatic carbocycles. The van der Waals surface area contributed by atoms with E-state index in [-0.39, 0.29) is 23.4 Å². The van der Waals surface area contributed by atoms with Gasteiger partial charge in [-0.3, -0.25) is 8.98 Å². The monoisotopic (exact) mass is 458 g/mol. The molecule has 0 aliphatic rings. The highest BCUT2D eigenvalue weighted by Crippen LogP contribution is 2.23. The van der Waals surface area contributed by atoms with Crippen molar-refractivity contribution >= 4 is 16.1 Å². The summed E-state index contributed by atoms with van der Waals surface area (Å²) in [6.07, 6.45) is 1.23. The van der Waals surface area contributed by atoms with Crippen LogP contribution in [0, 0.1) is 6.92 Å². The number of carbonyl (C=O) groups excluding carboxylic acids is 1. The van der Waals surface area contributed by atoms with Gasteiger partial charge in [0.2, 0.25) is 0 Å². The van der Waals surface area contributed by atoms with Crippen LogP contribution in [0.3, 0.4) is 0 Å². The summed E-state index contributed by atoms with van der Waals surface area (Å²) in [6, 6.07) is 6.57. The van der Waals surface area contributed by atoms with Crippen molar-refractivity contribution in [2.24, 2.45) is 0 Å². The summed E-state index contributed by atoms with van der Waals surface area (Å²) < 4.78 is 46.8. The second-order valence-corrected chi connectivity index (χ2v) is 10.8. The Hall–Kier alpha value is -1.48. The van der Waals surface area contributed by atoms with Crippen molar-refractivity contribution in [1.29, 1.82) is 0 Å². The normalized spacial score (nSPS) is 13.8. The molecule has 0 bridgehead atoms. The van der Waals surface area contributed by atoms with Crippen molar-refractivity contribution in [1.82, 2.24) is 0 Å². The minimum absolute atomic E-state index is 0.0639. The molecule has 1 atom stereocenters. The molecular weight excluding hydrogens is 420 g/mol. The van der Waals surface area contributed by atoms with Gasteiger partial charge >= 0.3 is 5.97 Å². The summed E-state index contributed by atoms with van der Waals surface area (Å²) in [5, 5.41) is 0. The zero-order valence-electron chi connectivity index (χ0n) is 19.9. The van der Waals surface area contributed by atoms with Gasteiger partial charge in [0.15, 0.2) is 0 Å². The van der Waals surface area contributed by atoms with Crippen LogP contribution < -0.4 is 0 Å². The fourth-order valence-corrected chi connectivity index (χ4v) is 3.82. The van der Waals surface area contributed by atoms with E-state index in [0.717, 1.165) is 5.56 Å². The number of hydrogen-bond donors (Lipinski definition) is 0. The highest BCUT2D eigenvalue weighted by Gasteiger charge is 2.28. The number of ether oxygens (including phenoxy) is 3. The molecule has 0 fully saturated rings. The van der Waals surface area contributed by atoms with Crippen molar-refractivity contribution in [3.8, 4) is 0 Å². The molecule has 0 saturated carbocycles. The largest absolute Gasteiger partial charge is 0.460 e. The van der Waals surface area contributed by atoms with Gasteiger partial charge in [0.05, 0.1) is 29.6 Å². The third kappa shape index (κ3) is 12.2. The third-order valence-electron chi connectivity index (χ3n) is 4.29. The Bertz CT molecular complexity index is 777. The molecule has 178 valence electrons. The Morgan fingerprint density at radius 2 is 1.61 bits per heavy atom. The van der Waals surface area contributed by atoms with Crippen LogP contribution in [0.5, 0.6) is 0 Å². The highest BCUT2D eigenvalue weighted by atomic mass is 32.2. The van der Waals surface area contributed by atoms with Crippen LogP contribution in [-0.4, -0.2) is 51.5 Å². The summed E-state index contributed by atoms with van der Waals surface area (Å²) in [7, 11) is -3.84. The van der Waals surface area contributed by atoms with Crippen LogP contribution >= 0.6 is 0 Å². The highest BCUT2D eigenvalue weighted by molar-refractivity contribution is 7.86.